The largest absolute Gasteiger partial charge is 0.348 e. The summed E-state index contributed by atoms with van der Waals surface area (Å²) in [6, 6.07) is 0. The second kappa shape index (κ2) is 13.6. The average molecular weight is 503 g/mol. The number of amides is 1. The third-order valence-electron chi connectivity index (χ3n) is 7.16. The molecule has 0 fully saturated rings. The zero-order valence-electron chi connectivity index (χ0n) is 23.9. The van der Waals surface area contributed by atoms with Crippen LogP contribution in [0.4, 0.5) is 5.13 Å². The third kappa shape index (κ3) is 8.16. The maximum atomic E-state index is 12.7. The van der Waals surface area contributed by atoms with Gasteiger partial charge in [0.25, 0.3) is 5.91 Å². The van der Waals surface area contributed by atoms with Gasteiger partial charge in [0.15, 0.2) is 5.13 Å². The maximum Gasteiger partial charge on any atom is 0.275 e. The standard InChI is InChI=1S/C29H50N4OS/c1-10-14-16-22(12-3)19-33(20-23(13-4)17-15-11-2)28-30-26(29(6,7)8)25(35-28)18-24-21(5)31-32(9)27(24)34/h18,22-23H,10-17,19-20H2,1-9H3/b24-18-. The lowest BCUT2D eigenvalue weighted by atomic mass is 9.91. The van der Waals surface area contributed by atoms with E-state index in [1.54, 1.807) is 18.4 Å². The summed E-state index contributed by atoms with van der Waals surface area (Å²) >= 11 is 1.75. The smallest absolute Gasteiger partial charge is 0.275 e. The zero-order valence-corrected chi connectivity index (χ0v) is 24.7. The summed E-state index contributed by atoms with van der Waals surface area (Å²) in [4.78, 5) is 21.6. The second-order valence-electron chi connectivity index (χ2n) is 11.3. The van der Waals surface area contributed by atoms with Gasteiger partial charge in [-0.2, -0.15) is 5.10 Å². The fraction of sp³-hybridized carbons (Fsp3) is 0.759. The molecule has 1 aliphatic rings. The number of nitrogens with zero attached hydrogens (tertiary/aromatic N) is 4. The Morgan fingerprint density at radius 3 is 1.94 bits per heavy atom. The molecule has 2 unspecified atom stereocenters. The van der Waals surface area contributed by atoms with Crippen LogP contribution in [0.1, 0.15) is 117 Å². The zero-order chi connectivity index (χ0) is 26.2. The summed E-state index contributed by atoms with van der Waals surface area (Å²) < 4.78 is 0. The van der Waals surface area contributed by atoms with Gasteiger partial charge < -0.3 is 4.90 Å². The van der Waals surface area contributed by atoms with Crippen molar-refractivity contribution in [1.82, 2.24) is 9.99 Å². The van der Waals surface area contributed by atoms with Gasteiger partial charge in [0, 0.05) is 25.6 Å². The molecule has 0 radical (unpaired) electrons. The van der Waals surface area contributed by atoms with Gasteiger partial charge in [-0.3, -0.25) is 4.79 Å². The Kier molecular flexibility index (Phi) is 11.5. The van der Waals surface area contributed by atoms with E-state index in [-0.39, 0.29) is 11.3 Å². The van der Waals surface area contributed by atoms with Crippen molar-refractivity contribution < 1.29 is 4.79 Å². The molecule has 0 bridgehead atoms. The number of hydrazone groups is 1. The van der Waals surface area contributed by atoms with E-state index in [9.17, 15) is 4.79 Å². The molecule has 0 aromatic carbocycles. The van der Waals surface area contributed by atoms with E-state index in [2.05, 4.69) is 58.5 Å². The number of carbonyl (C=O) groups is 1. The molecule has 0 saturated heterocycles. The maximum absolute atomic E-state index is 12.7. The molecule has 2 rings (SSSR count). The average Bonchev–Trinajstić information content (AvgIpc) is 3.34. The third-order valence-corrected chi connectivity index (χ3v) is 8.22. The number of unbranched alkanes of at least 4 members (excludes halogenated alkanes) is 2. The monoisotopic (exact) mass is 502 g/mol. The van der Waals surface area contributed by atoms with E-state index >= 15 is 0 Å². The first kappa shape index (κ1) is 29.5. The van der Waals surface area contributed by atoms with Crippen molar-refractivity contribution >= 4 is 34.2 Å². The van der Waals surface area contributed by atoms with Gasteiger partial charge in [0.05, 0.1) is 21.9 Å². The first-order chi connectivity index (χ1) is 16.5. The minimum atomic E-state index is -0.107. The number of likely N-dealkylation sites (N-methyl/N-ethyl adjacent to an activating group) is 1. The first-order valence-corrected chi connectivity index (χ1v) is 14.7. The van der Waals surface area contributed by atoms with Crippen LogP contribution in [0, 0.1) is 11.8 Å². The Morgan fingerprint density at radius 2 is 1.54 bits per heavy atom. The number of hydrogen-bond acceptors (Lipinski definition) is 5. The summed E-state index contributed by atoms with van der Waals surface area (Å²) in [5.41, 5.74) is 2.43. The fourth-order valence-corrected chi connectivity index (χ4v) is 5.97. The topological polar surface area (TPSA) is 48.8 Å². The molecule has 198 valence electrons. The van der Waals surface area contributed by atoms with Crippen molar-refractivity contribution in [3.63, 3.8) is 0 Å². The number of rotatable bonds is 14. The molecular weight excluding hydrogens is 452 g/mol. The molecule has 35 heavy (non-hydrogen) atoms. The van der Waals surface area contributed by atoms with Crippen LogP contribution in [0.2, 0.25) is 0 Å². The minimum Gasteiger partial charge on any atom is -0.348 e. The summed E-state index contributed by atoms with van der Waals surface area (Å²) in [6.45, 7) is 19.9. The van der Waals surface area contributed by atoms with Crippen molar-refractivity contribution in [1.29, 1.82) is 0 Å². The predicted octanol–water partition coefficient (Wildman–Crippen LogP) is 7.91. The van der Waals surface area contributed by atoms with Crippen LogP contribution in [0.5, 0.6) is 0 Å². The van der Waals surface area contributed by atoms with Gasteiger partial charge in [-0.05, 0) is 37.7 Å². The van der Waals surface area contributed by atoms with Crippen LogP contribution in [-0.4, -0.2) is 41.7 Å². The lowest BCUT2D eigenvalue weighted by Crippen LogP contribution is -2.34. The van der Waals surface area contributed by atoms with Crippen LogP contribution >= 0.6 is 11.3 Å². The Balaban J connectivity index is 2.49. The van der Waals surface area contributed by atoms with Crippen LogP contribution in [0.25, 0.3) is 6.08 Å². The summed E-state index contributed by atoms with van der Waals surface area (Å²) in [5.74, 6) is 1.33. The molecule has 1 aromatic rings. The van der Waals surface area contributed by atoms with Gasteiger partial charge in [-0.15, -0.1) is 0 Å². The summed E-state index contributed by atoms with van der Waals surface area (Å²) in [5, 5.41) is 6.89. The molecule has 0 saturated carbocycles. The normalized spacial score (nSPS) is 17.3. The van der Waals surface area contributed by atoms with Crippen LogP contribution < -0.4 is 4.90 Å². The van der Waals surface area contributed by atoms with Crippen molar-refractivity contribution in [2.75, 3.05) is 25.0 Å². The molecule has 0 spiro atoms. The van der Waals surface area contributed by atoms with E-state index in [4.69, 9.17) is 4.98 Å². The molecule has 5 nitrogen and oxygen atoms in total. The highest BCUT2D eigenvalue weighted by Crippen LogP contribution is 2.37. The SMILES string of the molecule is CCCCC(CC)CN(CC(CC)CCCC)c1nc(C(C)(C)C)c(/C=C2\C(=O)N(C)N=C2C)s1. The number of thiazole rings is 1. The summed E-state index contributed by atoms with van der Waals surface area (Å²) in [7, 11) is 1.72. The fourth-order valence-electron chi connectivity index (χ4n) is 4.73. The highest BCUT2D eigenvalue weighted by Gasteiger charge is 2.29. The molecule has 1 amide bonds. The van der Waals surface area contributed by atoms with E-state index < -0.39 is 0 Å². The summed E-state index contributed by atoms with van der Waals surface area (Å²) in [6.07, 6.45) is 12.1. The van der Waals surface area contributed by atoms with Crippen molar-refractivity contribution in [3.8, 4) is 0 Å². The molecule has 2 heterocycles. The Morgan fingerprint density at radius 1 is 1.00 bits per heavy atom. The minimum absolute atomic E-state index is 0.0367. The second-order valence-corrected chi connectivity index (χ2v) is 12.3. The first-order valence-electron chi connectivity index (χ1n) is 13.9. The van der Waals surface area contributed by atoms with Crippen molar-refractivity contribution in [2.24, 2.45) is 16.9 Å². The quantitative estimate of drug-likeness (QED) is 0.243. The lowest BCUT2D eigenvalue weighted by Gasteiger charge is -2.30. The van der Waals surface area contributed by atoms with Gasteiger partial charge >= 0.3 is 0 Å². The number of hydrogen-bond donors (Lipinski definition) is 0. The van der Waals surface area contributed by atoms with E-state index in [1.165, 1.54) is 56.4 Å². The number of aromatic nitrogens is 1. The van der Waals surface area contributed by atoms with Gasteiger partial charge in [0.2, 0.25) is 0 Å². The highest BCUT2D eigenvalue weighted by molar-refractivity contribution is 7.16. The van der Waals surface area contributed by atoms with Gasteiger partial charge in [0.1, 0.15) is 0 Å². The van der Waals surface area contributed by atoms with Gasteiger partial charge in [-0.25, -0.2) is 9.99 Å². The molecule has 1 aliphatic heterocycles. The van der Waals surface area contributed by atoms with E-state index in [0.717, 1.165) is 34.5 Å². The Hall–Kier alpha value is -1.69. The molecule has 1 aromatic heterocycles. The highest BCUT2D eigenvalue weighted by atomic mass is 32.1. The lowest BCUT2D eigenvalue weighted by molar-refractivity contribution is -0.124. The van der Waals surface area contributed by atoms with E-state index in [0.29, 0.717) is 17.4 Å². The molecule has 0 aliphatic carbocycles. The van der Waals surface area contributed by atoms with E-state index in [1.807, 2.05) is 13.0 Å². The molecule has 2 atom stereocenters. The predicted molar refractivity (Wildman–Crippen MR) is 153 cm³/mol. The van der Waals surface area contributed by atoms with Crippen LogP contribution in [0.15, 0.2) is 10.7 Å². The number of carbonyl (C=O) groups excluding carboxylic acids is 1. The van der Waals surface area contributed by atoms with Gasteiger partial charge in [-0.1, -0.05) is 98.3 Å². The Labute approximate surface area is 219 Å². The van der Waals surface area contributed by atoms with Crippen LogP contribution in [-0.2, 0) is 10.2 Å². The molecular formula is C29H50N4OS. The van der Waals surface area contributed by atoms with Crippen molar-refractivity contribution in [3.05, 3.63) is 16.1 Å². The van der Waals surface area contributed by atoms with Crippen LogP contribution in [0.3, 0.4) is 0 Å². The number of anilines is 1. The Bertz CT molecular complexity index is 862. The molecule has 0 N–H and O–H groups in total. The molecule has 6 heteroatoms. The van der Waals surface area contributed by atoms with Crippen molar-refractivity contribution in [2.45, 2.75) is 112 Å².